The Kier molecular flexibility index (Phi) is 16.4. The highest BCUT2D eigenvalue weighted by atomic mass is 16.5. The summed E-state index contributed by atoms with van der Waals surface area (Å²) in [6.07, 6.45) is 7.61. The first-order chi connectivity index (χ1) is 26.2. The fourth-order valence-corrected chi connectivity index (χ4v) is 6.79. The van der Waals surface area contributed by atoms with Crippen LogP contribution in [0.5, 0.6) is 0 Å². The maximum Gasteiger partial charge on any atom is 0.227 e. The number of nitrogens with one attached hydrogen (secondary N) is 2. The Morgan fingerprint density at radius 2 is 1.68 bits per heavy atom. The normalized spacial score (nSPS) is 16.3. The maximum absolute atomic E-state index is 14.1. The molecule has 0 saturated heterocycles. The number of rotatable bonds is 20. The molecule has 0 fully saturated rings. The summed E-state index contributed by atoms with van der Waals surface area (Å²) in [4.78, 5) is 42.2. The van der Waals surface area contributed by atoms with Crippen molar-refractivity contribution >= 4 is 29.0 Å². The lowest BCUT2D eigenvalue weighted by molar-refractivity contribution is -0.132. The van der Waals surface area contributed by atoms with Gasteiger partial charge in [-0.1, -0.05) is 104 Å². The number of amides is 3. The van der Waals surface area contributed by atoms with E-state index in [0.717, 1.165) is 36.8 Å². The van der Waals surface area contributed by atoms with E-state index in [1.165, 1.54) is 4.68 Å². The standard InChI is InChI=1S/C45H70N6O5/c1-14-16-19-34-33(15-2)28-50(36-21-18-17-20-35(36)40-41(34)51(49-48-40)39(54)29-56-31(5)6)38(53)23-22-37(52)46-27-26-43(8,9)24-25-44(10,11)42(55)47-45(12,13)32(7)30(3)4/h15-21,30-32,39,54H,2,14,22-29H2,1,3-13H3,(H,46,52)(H,47,55)/b19-16-,34-33-. The molecule has 56 heavy (non-hydrogen) atoms. The van der Waals surface area contributed by atoms with E-state index in [1.807, 2.05) is 71.0 Å². The van der Waals surface area contributed by atoms with Crippen molar-refractivity contribution in [1.82, 2.24) is 25.6 Å². The molecule has 0 radical (unpaired) electrons. The zero-order valence-corrected chi connectivity index (χ0v) is 36.3. The molecule has 0 aliphatic carbocycles. The predicted octanol–water partition coefficient (Wildman–Crippen LogP) is 8.42. The van der Waals surface area contributed by atoms with Crippen LogP contribution in [0.2, 0.25) is 0 Å². The lowest BCUT2D eigenvalue weighted by Gasteiger charge is -2.39. The second-order valence-electron chi connectivity index (χ2n) is 17.9. The van der Waals surface area contributed by atoms with Gasteiger partial charge in [-0.05, 0) is 82.3 Å². The quantitative estimate of drug-likeness (QED) is 0.123. The third-order valence-corrected chi connectivity index (χ3v) is 11.3. The molecule has 0 spiro atoms. The first-order valence-electron chi connectivity index (χ1n) is 20.4. The molecular weight excluding hydrogens is 705 g/mol. The van der Waals surface area contributed by atoms with Crippen LogP contribution in [0.15, 0.2) is 54.6 Å². The number of ether oxygens (including phenoxy) is 1. The molecule has 3 amide bonds. The molecule has 310 valence electrons. The van der Waals surface area contributed by atoms with Gasteiger partial charge in [-0.25, -0.2) is 4.68 Å². The second-order valence-corrected chi connectivity index (χ2v) is 17.9. The summed E-state index contributed by atoms with van der Waals surface area (Å²) in [7, 11) is 0. The van der Waals surface area contributed by atoms with Crippen LogP contribution in [0.25, 0.3) is 16.8 Å². The number of allylic oxidation sites excluding steroid dienone is 3. The van der Waals surface area contributed by atoms with Crippen LogP contribution in [0.4, 0.5) is 5.69 Å². The lowest BCUT2D eigenvalue weighted by atomic mass is 9.75. The van der Waals surface area contributed by atoms with Gasteiger partial charge in [0, 0.05) is 41.5 Å². The van der Waals surface area contributed by atoms with Crippen LogP contribution >= 0.6 is 0 Å². The van der Waals surface area contributed by atoms with Gasteiger partial charge in [0.1, 0.15) is 11.4 Å². The van der Waals surface area contributed by atoms with Crippen LogP contribution < -0.4 is 15.5 Å². The van der Waals surface area contributed by atoms with Crippen LogP contribution in [-0.2, 0) is 19.1 Å². The Morgan fingerprint density at radius 1 is 1.00 bits per heavy atom. The number of aliphatic hydroxyl groups excluding tert-OH is 1. The fourth-order valence-electron chi connectivity index (χ4n) is 6.79. The minimum atomic E-state index is -1.09. The number of fused-ring (bicyclic) bond motifs is 3. The monoisotopic (exact) mass is 775 g/mol. The number of para-hydroxylation sites is 1. The molecule has 11 nitrogen and oxygen atoms in total. The first kappa shape index (κ1) is 46.3. The van der Waals surface area contributed by atoms with Crippen LogP contribution in [0.1, 0.15) is 134 Å². The highest BCUT2D eigenvalue weighted by Gasteiger charge is 2.37. The van der Waals surface area contributed by atoms with Crippen molar-refractivity contribution < 1.29 is 24.2 Å². The average Bonchev–Trinajstić information content (AvgIpc) is 3.56. The fraction of sp³-hybridized carbons (Fsp3) is 0.622. The molecule has 3 rings (SSSR count). The summed E-state index contributed by atoms with van der Waals surface area (Å²) in [6.45, 7) is 29.7. The van der Waals surface area contributed by atoms with E-state index in [1.54, 1.807) is 11.0 Å². The summed E-state index contributed by atoms with van der Waals surface area (Å²) >= 11 is 0. The smallest absolute Gasteiger partial charge is 0.227 e. The van der Waals surface area contributed by atoms with Crippen LogP contribution in [0.3, 0.4) is 0 Å². The zero-order valence-electron chi connectivity index (χ0n) is 36.3. The predicted molar refractivity (Wildman–Crippen MR) is 227 cm³/mol. The van der Waals surface area contributed by atoms with Crippen molar-refractivity contribution in [1.29, 1.82) is 0 Å². The van der Waals surface area contributed by atoms with Gasteiger partial charge in [0.15, 0.2) is 6.23 Å². The second kappa shape index (κ2) is 19.9. The first-order valence-corrected chi connectivity index (χ1v) is 20.4. The van der Waals surface area contributed by atoms with Gasteiger partial charge >= 0.3 is 0 Å². The number of aromatic nitrogens is 3. The molecule has 2 unspecified atom stereocenters. The van der Waals surface area contributed by atoms with E-state index >= 15 is 0 Å². The Labute approximate surface area is 336 Å². The Balaban J connectivity index is 1.71. The van der Waals surface area contributed by atoms with Gasteiger partial charge in [-0.3, -0.25) is 14.4 Å². The molecule has 1 aliphatic rings. The number of carbonyl (C=O) groups excluding carboxylic acids is 3. The van der Waals surface area contributed by atoms with Gasteiger partial charge in [0.2, 0.25) is 17.7 Å². The molecule has 1 aromatic heterocycles. The molecule has 2 aromatic rings. The summed E-state index contributed by atoms with van der Waals surface area (Å²) in [5, 5.41) is 26.4. The minimum Gasteiger partial charge on any atom is -0.374 e. The minimum absolute atomic E-state index is 0.00793. The highest BCUT2D eigenvalue weighted by molar-refractivity contribution is 6.02. The lowest BCUT2D eigenvalue weighted by Crippen LogP contribution is -2.53. The molecule has 0 saturated carbocycles. The van der Waals surface area contributed by atoms with Gasteiger partial charge < -0.3 is 25.4 Å². The zero-order chi connectivity index (χ0) is 42.0. The molecule has 11 heteroatoms. The van der Waals surface area contributed by atoms with E-state index in [0.29, 0.717) is 41.0 Å². The topological polar surface area (TPSA) is 139 Å². The number of anilines is 1. The van der Waals surface area contributed by atoms with Crippen molar-refractivity contribution in [2.45, 2.75) is 139 Å². The van der Waals surface area contributed by atoms with Crippen LogP contribution in [-0.4, -0.2) is 69.2 Å². The Bertz CT molecular complexity index is 1730. The van der Waals surface area contributed by atoms with Crippen molar-refractivity contribution in [2.24, 2.45) is 22.7 Å². The summed E-state index contributed by atoms with van der Waals surface area (Å²) in [6, 6.07) is 7.49. The van der Waals surface area contributed by atoms with E-state index in [-0.39, 0.29) is 60.8 Å². The third kappa shape index (κ3) is 12.2. The van der Waals surface area contributed by atoms with Gasteiger partial charge in [0.05, 0.1) is 24.9 Å². The van der Waals surface area contributed by atoms with E-state index in [9.17, 15) is 19.5 Å². The van der Waals surface area contributed by atoms with Crippen molar-refractivity contribution in [3.05, 3.63) is 60.3 Å². The molecule has 1 aliphatic heterocycles. The van der Waals surface area contributed by atoms with Crippen molar-refractivity contribution in [3.8, 4) is 11.3 Å². The molecule has 2 atom stereocenters. The summed E-state index contributed by atoms with van der Waals surface area (Å²) in [5.41, 5.74) is 2.99. The largest absolute Gasteiger partial charge is 0.374 e. The van der Waals surface area contributed by atoms with Crippen molar-refractivity contribution in [3.63, 3.8) is 0 Å². The number of nitrogens with zero attached hydrogens (tertiary/aromatic N) is 4. The van der Waals surface area contributed by atoms with Gasteiger partial charge in [-0.2, -0.15) is 0 Å². The SMILES string of the molecule is C=C/C1=C(\C=C/CC)c2c(nnn2C(O)COC(C)C)-c2ccccc2N(C(=O)CCC(=O)NCCC(C)(C)CCC(C)(C)C(=O)NC(C)(C)C(C)C(C)C)C1. The van der Waals surface area contributed by atoms with E-state index < -0.39 is 11.6 Å². The Morgan fingerprint density at radius 3 is 2.30 bits per heavy atom. The average molecular weight is 775 g/mol. The molecule has 0 bridgehead atoms. The number of hydrogen-bond donors (Lipinski definition) is 3. The van der Waals surface area contributed by atoms with Gasteiger partial charge in [-0.15, -0.1) is 5.10 Å². The van der Waals surface area contributed by atoms with E-state index in [2.05, 4.69) is 76.0 Å². The van der Waals surface area contributed by atoms with Crippen molar-refractivity contribution in [2.75, 3.05) is 24.6 Å². The van der Waals surface area contributed by atoms with E-state index in [4.69, 9.17) is 4.74 Å². The Hall–Kier alpha value is -4.09. The third-order valence-electron chi connectivity index (χ3n) is 11.3. The summed E-state index contributed by atoms with van der Waals surface area (Å²) < 4.78 is 7.19. The number of hydrogen-bond acceptors (Lipinski definition) is 7. The number of benzene rings is 1. The molecule has 2 heterocycles. The molecular formula is C45H70N6O5. The maximum atomic E-state index is 14.1. The number of aliphatic hydroxyl groups is 1. The van der Waals surface area contributed by atoms with Crippen LogP contribution in [0, 0.1) is 22.7 Å². The van der Waals surface area contributed by atoms with Gasteiger partial charge in [0.25, 0.3) is 0 Å². The summed E-state index contributed by atoms with van der Waals surface area (Å²) in [5.74, 6) is 0.448. The molecule has 1 aromatic carbocycles. The number of carbonyl (C=O) groups is 3. The highest BCUT2D eigenvalue weighted by Crippen LogP contribution is 2.40. The molecule has 3 N–H and O–H groups in total.